The summed E-state index contributed by atoms with van der Waals surface area (Å²) in [6, 6.07) is 6.72. The molecule has 132 valence electrons. The fourth-order valence-electron chi connectivity index (χ4n) is 2.07. The number of nitrogens with zero attached hydrogens (tertiary/aromatic N) is 2. The Balaban J connectivity index is 0.00000288. The lowest BCUT2D eigenvalue weighted by molar-refractivity contribution is 0.610. The number of nitrogens with one attached hydrogen (secondary N) is 2. The minimum absolute atomic E-state index is 0. The molecule has 24 heavy (non-hydrogen) atoms. The molecule has 2 N–H and O–H groups in total. The van der Waals surface area contributed by atoms with Gasteiger partial charge in [-0.15, -0.1) is 35.3 Å². The van der Waals surface area contributed by atoms with E-state index in [1.54, 1.807) is 23.5 Å². The lowest BCUT2D eigenvalue weighted by Crippen LogP contribution is -2.38. The molecule has 0 amide bonds. The molecule has 0 fully saturated rings. The lowest BCUT2D eigenvalue weighted by atomic mass is 10.2. The second kappa shape index (κ2) is 10.6. The van der Waals surface area contributed by atoms with Gasteiger partial charge in [-0.25, -0.2) is 14.4 Å². The van der Waals surface area contributed by atoms with Crippen molar-refractivity contribution in [1.82, 2.24) is 15.6 Å². The fraction of sp³-hybridized carbons (Fsp3) is 0.412. The molecule has 4 nitrogen and oxygen atoms in total. The summed E-state index contributed by atoms with van der Waals surface area (Å²) in [5.74, 6) is 0.474. The molecule has 1 aromatic carbocycles. The number of thiazole rings is 1. The van der Waals surface area contributed by atoms with Crippen LogP contribution >= 0.6 is 35.3 Å². The number of aliphatic imine (C=N–C) groups is 1. The molecule has 0 aliphatic carbocycles. The third-order valence-electron chi connectivity index (χ3n) is 3.41. The summed E-state index contributed by atoms with van der Waals surface area (Å²) in [5.41, 5.74) is 1.70. The van der Waals surface area contributed by atoms with Crippen LogP contribution in [0, 0.1) is 19.7 Å². The first-order valence-corrected chi connectivity index (χ1v) is 8.60. The molecule has 0 bridgehead atoms. The highest BCUT2D eigenvalue weighted by Crippen LogP contribution is 2.16. The SMILES string of the molecule is CCNC(=NCc1ccccc1F)NCCc1nc(C)c(C)s1.I. The van der Waals surface area contributed by atoms with E-state index in [0.717, 1.165) is 30.2 Å². The Hall–Kier alpha value is -1.22. The van der Waals surface area contributed by atoms with Gasteiger partial charge in [-0.2, -0.15) is 0 Å². The van der Waals surface area contributed by atoms with Gasteiger partial charge in [-0.3, -0.25) is 0 Å². The molecule has 0 unspecified atom stereocenters. The van der Waals surface area contributed by atoms with Crippen molar-refractivity contribution in [1.29, 1.82) is 0 Å². The van der Waals surface area contributed by atoms with Crippen molar-refractivity contribution in [2.75, 3.05) is 13.1 Å². The molecule has 0 aliphatic heterocycles. The third-order valence-corrected chi connectivity index (χ3v) is 4.55. The van der Waals surface area contributed by atoms with E-state index in [1.807, 2.05) is 19.9 Å². The first kappa shape index (κ1) is 20.8. The Morgan fingerprint density at radius 3 is 2.62 bits per heavy atom. The summed E-state index contributed by atoms with van der Waals surface area (Å²) in [4.78, 5) is 10.2. The molecule has 0 radical (unpaired) electrons. The topological polar surface area (TPSA) is 49.3 Å². The number of halogens is 2. The maximum absolute atomic E-state index is 13.6. The summed E-state index contributed by atoms with van der Waals surface area (Å²) in [7, 11) is 0. The monoisotopic (exact) mass is 462 g/mol. The van der Waals surface area contributed by atoms with Gasteiger partial charge in [0, 0.05) is 30.0 Å². The molecule has 0 saturated carbocycles. The normalized spacial score (nSPS) is 11.1. The van der Waals surface area contributed by atoms with Crippen LogP contribution < -0.4 is 10.6 Å². The molecule has 1 aromatic heterocycles. The Kier molecular flexibility index (Phi) is 9.20. The van der Waals surface area contributed by atoms with Crippen molar-refractivity contribution >= 4 is 41.3 Å². The molecule has 2 rings (SSSR count). The van der Waals surface area contributed by atoms with Crippen molar-refractivity contribution in [3.8, 4) is 0 Å². The summed E-state index contributed by atoms with van der Waals surface area (Å²) in [6.07, 6.45) is 0.851. The van der Waals surface area contributed by atoms with Gasteiger partial charge in [0.25, 0.3) is 0 Å². The average molecular weight is 462 g/mol. The van der Waals surface area contributed by atoms with Crippen molar-refractivity contribution in [2.45, 2.75) is 33.7 Å². The van der Waals surface area contributed by atoms with Gasteiger partial charge in [0.05, 0.1) is 17.2 Å². The lowest BCUT2D eigenvalue weighted by Gasteiger charge is -2.10. The van der Waals surface area contributed by atoms with Crippen molar-refractivity contribution < 1.29 is 4.39 Å². The molecule has 0 atom stereocenters. The van der Waals surface area contributed by atoms with Crippen LogP contribution in [0.25, 0.3) is 0 Å². The predicted octanol–water partition coefficient (Wildman–Crippen LogP) is 3.81. The number of guanidine groups is 1. The molecule has 1 heterocycles. The van der Waals surface area contributed by atoms with Gasteiger partial charge in [0.2, 0.25) is 0 Å². The summed E-state index contributed by atoms with van der Waals surface area (Å²) < 4.78 is 13.6. The standard InChI is InChI=1S/C17H23FN4S.HI/c1-4-19-17(21-11-14-7-5-6-8-15(14)18)20-10-9-16-22-12(2)13(3)23-16;/h5-8H,4,9-11H2,1-3H3,(H2,19,20,21);1H. The smallest absolute Gasteiger partial charge is 0.191 e. The van der Waals surface area contributed by atoms with Gasteiger partial charge >= 0.3 is 0 Å². The summed E-state index contributed by atoms with van der Waals surface area (Å²) >= 11 is 1.73. The van der Waals surface area contributed by atoms with Gasteiger partial charge < -0.3 is 10.6 Å². The quantitative estimate of drug-likeness (QED) is 0.390. The Labute approximate surface area is 164 Å². The molecular formula is C17H24FIN4S. The van der Waals surface area contributed by atoms with Gasteiger partial charge in [-0.1, -0.05) is 18.2 Å². The molecular weight excluding hydrogens is 438 g/mol. The highest BCUT2D eigenvalue weighted by atomic mass is 127. The van der Waals surface area contributed by atoms with Crippen LogP contribution in [-0.4, -0.2) is 24.0 Å². The van der Waals surface area contributed by atoms with Gasteiger partial charge in [0.15, 0.2) is 5.96 Å². The summed E-state index contributed by atoms with van der Waals surface area (Å²) in [5, 5.41) is 7.57. The minimum atomic E-state index is -0.221. The van der Waals surface area contributed by atoms with Crippen LogP contribution in [0.2, 0.25) is 0 Å². The molecule has 0 aliphatic rings. The van der Waals surface area contributed by atoms with Crippen LogP contribution in [0.15, 0.2) is 29.3 Å². The number of aromatic nitrogens is 1. The number of aryl methyl sites for hydroxylation is 2. The average Bonchev–Trinajstić information content (AvgIpc) is 2.84. The first-order valence-electron chi connectivity index (χ1n) is 7.78. The van der Waals surface area contributed by atoms with E-state index in [9.17, 15) is 4.39 Å². The number of hydrogen-bond donors (Lipinski definition) is 2. The van der Waals surface area contributed by atoms with Gasteiger partial charge in [0.1, 0.15) is 5.82 Å². The zero-order chi connectivity index (χ0) is 16.7. The number of rotatable bonds is 6. The van der Waals surface area contributed by atoms with Crippen molar-refractivity contribution in [3.63, 3.8) is 0 Å². The maximum Gasteiger partial charge on any atom is 0.191 e. The van der Waals surface area contributed by atoms with E-state index in [0.29, 0.717) is 18.1 Å². The predicted molar refractivity (Wildman–Crippen MR) is 110 cm³/mol. The zero-order valence-electron chi connectivity index (χ0n) is 14.2. The first-order chi connectivity index (χ1) is 11.1. The zero-order valence-corrected chi connectivity index (χ0v) is 17.4. The number of benzene rings is 1. The van der Waals surface area contributed by atoms with Crippen molar-refractivity contribution in [2.24, 2.45) is 4.99 Å². The Morgan fingerprint density at radius 2 is 2.00 bits per heavy atom. The highest BCUT2D eigenvalue weighted by molar-refractivity contribution is 14.0. The van der Waals surface area contributed by atoms with Crippen molar-refractivity contribution in [3.05, 3.63) is 51.2 Å². The van der Waals surface area contributed by atoms with E-state index >= 15 is 0 Å². The second-order valence-electron chi connectivity index (χ2n) is 5.21. The molecule has 0 saturated heterocycles. The maximum atomic E-state index is 13.6. The van der Waals surface area contributed by atoms with Crippen LogP contribution in [0.1, 0.15) is 28.1 Å². The highest BCUT2D eigenvalue weighted by Gasteiger charge is 2.05. The van der Waals surface area contributed by atoms with Crippen LogP contribution in [0.5, 0.6) is 0 Å². The van der Waals surface area contributed by atoms with Gasteiger partial charge in [-0.05, 0) is 26.8 Å². The van der Waals surface area contributed by atoms with Crippen LogP contribution in [0.4, 0.5) is 4.39 Å². The van der Waals surface area contributed by atoms with E-state index in [-0.39, 0.29) is 29.8 Å². The van der Waals surface area contributed by atoms with Crippen LogP contribution in [0.3, 0.4) is 0 Å². The summed E-state index contributed by atoms with van der Waals surface area (Å²) in [6.45, 7) is 7.95. The largest absolute Gasteiger partial charge is 0.357 e. The Morgan fingerprint density at radius 1 is 1.25 bits per heavy atom. The molecule has 7 heteroatoms. The Bertz CT molecular complexity index is 653. The van der Waals surface area contributed by atoms with E-state index in [2.05, 4.69) is 27.5 Å². The fourth-order valence-corrected chi connectivity index (χ4v) is 3.00. The van der Waals surface area contributed by atoms with E-state index < -0.39 is 0 Å². The second-order valence-corrected chi connectivity index (χ2v) is 6.50. The van der Waals surface area contributed by atoms with E-state index in [1.165, 1.54) is 10.9 Å². The third kappa shape index (κ3) is 6.35. The van der Waals surface area contributed by atoms with E-state index in [4.69, 9.17) is 0 Å². The molecule has 2 aromatic rings. The van der Waals surface area contributed by atoms with Crippen LogP contribution in [-0.2, 0) is 13.0 Å². The number of hydrogen-bond acceptors (Lipinski definition) is 3. The minimum Gasteiger partial charge on any atom is -0.357 e. The molecule has 0 spiro atoms.